The van der Waals surface area contributed by atoms with Gasteiger partial charge in [0, 0.05) is 23.3 Å². The number of aryl methyl sites for hydroxylation is 2. The highest BCUT2D eigenvalue weighted by molar-refractivity contribution is 5.87. The van der Waals surface area contributed by atoms with E-state index < -0.39 is 17.6 Å². The van der Waals surface area contributed by atoms with Crippen LogP contribution in [0.4, 0.5) is 4.39 Å². The third kappa shape index (κ3) is 4.91. The fourth-order valence-electron chi connectivity index (χ4n) is 5.54. The first kappa shape index (κ1) is 25.1. The molecule has 1 amide bonds. The molecule has 0 aliphatic carbocycles. The van der Waals surface area contributed by atoms with Gasteiger partial charge < -0.3 is 14.4 Å². The van der Waals surface area contributed by atoms with Gasteiger partial charge in [0.1, 0.15) is 28.7 Å². The minimum absolute atomic E-state index is 0.0363. The van der Waals surface area contributed by atoms with Crippen LogP contribution in [0.15, 0.2) is 30.9 Å². The second kappa shape index (κ2) is 10.3. The van der Waals surface area contributed by atoms with Gasteiger partial charge in [-0.2, -0.15) is 0 Å². The molecule has 1 aromatic heterocycles. The molecular formula is C28H35FN2O4. The van der Waals surface area contributed by atoms with Crippen molar-refractivity contribution in [3.63, 3.8) is 0 Å². The average molecular weight is 483 g/mol. The number of esters is 1. The smallest absolute Gasteiger partial charge is 0.328 e. The molecule has 188 valence electrons. The quantitative estimate of drug-likeness (QED) is 0.290. The largest absolute Gasteiger partial charge is 0.483 e. The van der Waals surface area contributed by atoms with E-state index in [1.165, 1.54) is 13.2 Å². The van der Waals surface area contributed by atoms with Gasteiger partial charge in [0.25, 0.3) is 0 Å². The van der Waals surface area contributed by atoms with Crippen molar-refractivity contribution in [2.75, 3.05) is 13.7 Å². The van der Waals surface area contributed by atoms with E-state index in [0.717, 1.165) is 43.1 Å². The zero-order chi connectivity index (χ0) is 25.2. The Bertz CT molecular complexity index is 1130. The number of para-hydroxylation sites is 1. The number of benzene rings is 1. The van der Waals surface area contributed by atoms with Crippen molar-refractivity contribution >= 4 is 22.8 Å². The first-order chi connectivity index (χ1) is 16.8. The zero-order valence-electron chi connectivity index (χ0n) is 20.9. The maximum Gasteiger partial charge on any atom is 0.328 e. The summed E-state index contributed by atoms with van der Waals surface area (Å²) in [6.07, 6.45) is 8.41. The average Bonchev–Trinajstić information content (AvgIpc) is 3.22. The molecule has 3 heterocycles. The molecule has 1 fully saturated rings. The summed E-state index contributed by atoms with van der Waals surface area (Å²) in [6, 6.07) is 4.28. The zero-order valence-corrected chi connectivity index (χ0v) is 20.9. The molecule has 7 heteroatoms. The van der Waals surface area contributed by atoms with Crippen LogP contribution in [-0.2, 0) is 20.7 Å². The van der Waals surface area contributed by atoms with Crippen molar-refractivity contribution in [2.45, 2.75) is 76.9 Å². The first-order valence-corrected chi connectivity index (χ1v) is 12.6. The van der Waals surface area contributed by atoms with Crippen LogP contribution in [0.2, 0.25) is 0 Å². The SMILES string of the molecule is C=CCCCCC[C@H](C)C(=O)N1C[C@]2(CCc3c(c(C)nc4c(F)cccc34)O2)C[C@H]1C(=O)OC. The number of carbonyl (C=O) groups excluding carboxylic acids is 2. The monoisotopic (exact) mass is 482 g/mol. The number of unbranched alkanes of at least 4 members (excludes halogenated alkanes) is 3. The minimum Gasteiger partial charge on any atom is -0.483 e. The summed E-state index contributed by atoms with van der Waals surface area (Å²) in [5.41, 5.74) is 1.20. The lowest BCUT2D eigenvalue weighted by atomic mass is 9.87. The molecule has 3 atom stereocenters. The van der Waals surface area contributed by atoms with Crippen LogP contribution < -0.4 is 4.74 Å². The predicted octanol–water partition coefficient (Wildman–Crippen LogP) is 5.29. The third-order valence-corrected chi connectivity index (χ3v) is 7.47. The van der Waals surface area contributed by atoms with Gasteiger partial charge in [0.05, 0.1) is 19.3 Å². The molecular weight excluding hydrogens is 447 g/mol. The molecule has 2 aromatic rings. The molecule has 1 aromatic carbocycles. The standard InChI is InChI=1S/C28H35FN2O4/c1-5-6-7-8-9-11-18(2)26(32)31-17-28(16-23(31)27(33)34-4)15-14-21-20-12-10-13-22(29)24(20)30-19(3)25(21)35-28/h5,10,12-13,18,23H,1,6-9,11,14-17H2,2-4H3/t18-,23-,28-/m0/s1. The molecule has 0 unspecified atom stereocenters. The Morgan fingerprint density at radius 2 is 2.17 bits per heavy atom. The summed E-state index contributed by atoms with van der Waals surface area (Å²) in [4.78, 5) is 32.3. The summed E-state index contributed by atoms with van der Waals surface area (Å²) in [5, 5.41) is 0.751. The predicted molar refractivity (Wildman–Crippen MR) is 133 cm³/mol. The number of ether oxygens (including phenoxy) is 2. The van der Waals surface area contributed by atoms with Gasteiger partial charge in [-0.05, 0) is 45.1 Å². The molecule has 2 aliphatic heterocycles. The van der Waals surface area contributed by atoms with E-state index in [4.69, 9.17) is 9.47 Å². The van der Waals surface area contributed by atoms with Gasteiger partial charge in [-0.25, -0.2) is 14.2 Å². The number of carbonyl (C=O) groups is 2. The highest BCUT2D eigenvalue weighted by atomic mass is 19.1. The molecule has 0 saturated carbocycles. The Morgan fingerprint density at radius 1 is 1.37 bits per heavy atom. The lowest BCUT2D eigenvalue weighted by molar-refractivity contribution is -0.152. The highest BCUT2D eigenvalue weighted by Crippen LogP contribution is 2.45. The van der Waals surface area contributed by atoms with Gasteiger partial charge in [-0.3, -0.25) is 4.79 Å². The number of amides is 1. The van der Waals surface area contributed by atoms with Gasteiger partial charge >= 0.3 is 5.97 Å². The van der Waals surface area contributed by atoms with Crippen LogP contribution in [0, 0.1) is 18.7 Å². The molecule has 0 radical (unpaired) electrons. The van der Waals surface area contributed by atoms with Crippen molar-refractivity contribution in [1.29, 1.82) is 0 Å². The second-order valence-electron chi connectivity index (χ2n) is 9.96. The third-order valence-electron chi connectivity index (χ3n) is 7.47. The number of methoxy groups -OCH3 is 1. The number of likely N-dealkylation sites (tertiary alicyclic amines) is 1. The molecule has 0 bridgehead atoms. The Labute approximate surface area is 206 Å². The number of hydrogen-bond donors (Lipinski definition) is 0. The summed E-state index contributed by atoms with van der Waals surface area (Å²) >= 11 is 0. The lowest BCUT2D eigenvalue weighted by Gasteiger charge is -2.36. The molecule has 0 N–H and O–H groups in total. The molecule has 4 rings (SSSR count). The topological polar surface area (TPSA) is 68.7 Å². The van der Waals surface area contributed by atoms with Crippen LogP contribution in [0.1, 0.15) is 63.1 Å². The number of rotatable bonds is 8. The Morgan fingerprint density at radius 3 is 2.91 bits per heavy atom. The van der Waals surface area contributed by atoms with E-state index in [9.17, 15) is 14.0 Å². The van der Waals surface area contributed by atoms with Crippen LogP contribution in [0.5, 0.6) is 5.75 Å². The summed E-state index contributed by atoms with van der Waals surface area (Å²) < 4.78 is 26.0. The van der Waals surface area contributed by atoms with E-state index >= 15 is 0 Å². The fraction of sp³-hybridized carbons (Fsp3) is 0.536. The van der Waals surface area contributed by atoms with Crippen molar-refractivity contribution in [3.8, 4) is 5.75 Å². The van der Waals surface area contributed by atoms with Gasteiger partial charge in [0.15, 0.2) is 0 Å². The van der Waals surface area contributed by atoms with Crippen molar-refractivity contribution < 1.29 is 23.5 Å². The second-order valence-corrected chi connectivity index (χ2v) is 9.96. The highest BCUT2D eigenvalue weighted by Gasteiger charge is 2.53. The van der Waals surface area contributed by atoms with Crippen molar-refractivity contribution in [3.05, 3.63) is 47.9 Å². The van der Waals surface area contributed by atoms with Crippen LogP contribution >= 0.6 is 0 Å². The fourth-order valence-corrected chi connectivity index (χ4v) is 5.54. The minimum atomic E-state index is -0.696. The van der Waals surface area contributed by atoms with E-state index in [1.54, 1.807) is 11.0 Å². The van der Waals surface area contributed by atoms with E-state index in [0.29, 0.717) is 42.8 Å². The number of aromatic nitrogens is 1. The lowest BCUT2D eigenvalue weighted by Crippen LogP contribution is -2.46. The van der Waals surface area contributed by atoms with Gasteiger partial charge in [-0.15, -0.1) is 6.58 Å². The molecule has 1 saturated heterocycles. The van der Waals surface area contributed by atoms with Crippen LogP contribution in [-0.4, -0.2) is 47.1 Å². The van der Waals surface area contributed by atoms with Crippen molar-refractivity contribution in [2.24, 2.45) is 5.92 Å². The van der Waals surface area contributed by atoms with Gasteiger partial charge in [0.2, 0.25) is 5.91 Å². The van der Waals surface area contributed by atoms with Crippen molar-refractivity contribution in [1.82, 2.24) is 9.88 Å². The van der Waals surface area contributed by atoms with E-state index in [-0.39, 0.29) is 17.6 Å². The maximum atomic E-state index is 14.4. The number of pyridine rings is 1. The molecule has 6 nitrogen and oxygen atoms in total. The Hall–Kier alpha value is -2.96. The number of hydrogen-bond acceptors (Lipinski definition) is 5. The molecule has 35 heavy (non-hydrogen) atoms. The first-order valence-electron chi connectivity index (χ1n) is 12.6. The summed E-state index contributed by atoms with van der Waals surface area (Å²) in [7, 11) is 1.35. The Balaban J connectivity index is 1.56. The van der Waals surface area contributed by atoms with Crippen LogP contribution in [0.25, 0.3) is 10.9 Å². The summed E-state index contributed by atoms with van der Waals surface area (Å²) in [6.45, 7) is 7.82. The number of fused-ring (bicyclic) bond motifs is 3. The number of nitrogens with zero attached hydrogens (tertiary/aromatic N) is 2. The maximum absolute atomic E-state index is 14.4. The van der Waals surface area contributed by atoms with E-state index in [2.05, 4.69) is 11.6 Å². The Kier molecular flexibility index (Phi) is 7.43. The van der Waals surface area contributed by atoms with E-state index in [1.807, 2.05) is 26.0 Å². The number of allylic oxidation sites excluding steroid dienone is 1. The normalized spacial score (nSPS) is 22.1. The van der Waals surface area contributed by atoms with Crippen LogP contribution in [0.3, 0.4) is 0 Å². The number of halogens is 1. The molecule has 2 aliphatic rings. The summed E-state index contributed by atoms with van der Waals surface area (Å²) in [5.74, 6) is -0.352. The molecule has 1 spiro atoms. The van der Waals surface area contributed by atoms with Gasteiger partial charge in [-0.1, -0.05) is 38.0 Å².